The van der Waals surface area contributed by atoms with Gasteiger partial charge >= 0.3 is 6.18 Å². The van der Waals surface area contributed by atoms with Crippen LogP contribution in [0.3, 0.4) is 0 Å². The SMILES string of the molecule is C[C@H]1CC[C@@H](C(=O)NCc2cc(-c3cnc(C(F)(F)F)s3)ncc2C#N)N1S(=O)(=O)c1ccc(F)cc1. The summed E-state index contributed by atoms with van der Waals surface area (Å²) in [4.78, 5) is 20.4. The van der Waals surface area contributed by atoms with Crippen molar-refractivity contribution < 1.29 is 30.8 Å². The predicted octanol–water partition coefficient (Wildman–Crippen LogP) is 4.09. The number of aromatic nitrogens is 2. The number of hydrogen-bond acceptors (Lipinski definition) is 7. The van der Waals surface area contributed by atoms with Crippen molar-refractivity contribution in [2.75, 3.05) is 0 Å². The van der Waals surface area contributed by atoms with E-state index in [2.05, 4.69) is 15.3 Å². The number of sulfonamides is 1. The molecule has 1 amide bonds. The molecule has 0 spiro atoms. The van der Waals surface area contributed by atoms with Crippen LogP contribution in [0, 0.1) is 17.1 Å². The van der Waals surface area contributed by atoms with Crippen LogP contribution in [0.15, 0.2) is 47.6 Å². The van der Waals surface area contributed by atoms with Crippen molar-refractivity contribution in [1.29, 1.82) is 5.26 Å². The van der Waals surface area contributed by atoms with Crippen molar-refractivity contribution in [1.82, 2.24) is 19.6 Å². The maximum Gasteiger partial charge on any atom is 0.443 e. The Bertz CT molecular complexity index is 1470. The zero-order valence-corrected chi connectivity index (χ0v) is 20.8. The maximum atomic E-state index is 13.3. The number of nitriles is 1. The molecule has 194 valence electrons. The largest absolute Gasteiger partial charge is 0.443 e. The van der Waals surface area contributed by atoms with Crippen molar-refractivity contribution in [3.05, 3.63) is 64.7 Å². The highest BCUT2D eigenvalue weighted by atomic mass is 32.2. The van der Waals surface area contributed by atoms with E-state index in [0.29, 0.717) is 23.3 Å². The first kappa shape index (κ1) is 26.6. The highest BCUT2D eigenvalue weighted by Gasteiger charge is 2.43. The van der Waals surface area contributed by atoms with E-state index in [1.807, 2.05) is 6.07 Å². The molecule has 1 aliphatic rings. The van der Waals surface area contributed by atoms with Crippen LogP contribution in [0.1, 0.15) is 35.9 Å². The molecule has 4 rings (SSSR count). The lowest BCUT2D eigenvalue weighted by atomic mass is 10.1. The Hall–Kier alpha value is -3.41. The first-order valence-corrected chi connectivity index (χ1v) is 13.2. The van der Waals surface area contributed by atoms with E-state index in [0.717, 1.165) is 34.8 Å². The van der Waals surface area contributed by atoms with Crippen LogP contribution in [0.5, 0.6) is 0 Å². The number of rotatable bonds is 6. The molecule has 1 saturated heterocycles. The Kier molecular flexibility index (Phi) is 7.31. The molecule has 1 fully saturated rings. The van der Waals surface area contributed by atoms with Gasteiger partial charge in [-0.3, -0.25) is 9.78 Å². The number of pyridine rings is 1. The quantitative estimate of drug-likeness (QED) is 0.460. The number of nitrogens with one attached hydrogen (secondary N) is 1. The number of halogens is 4. The minimum atomic E-state index is -4.61. The predicted molar refractivity (Wildman–Crippen MR) is 125 cm³/mol. The molecule has 0 saturated carbocycles. The molecule has 1 N–H and O–H groups in total. The number of hydrogen-bond donors (Lipinski definition) is 1. The summed E-state index contributed by atoms with van der Waals surface area (Å²) in [7, 11) is -4.10. The maximum absolute atomic E-state index is 13.3. The van der Waals surface area contributed by atoms with Gasteiger partial charge in [0, 0.05) is 25.0 Å². The smallest absolute Gasteiger partial charge is 0.351 e. The summed E-state index contributed by atoms with van der Waals surface area (Å²) in [5.74, 6) is -1.20. The van der Waals surface area contributed by atoms with Gasteiger partial charge in [-0.1, -0.05) is 0 Å². The van der Waals surface area contributed by atoms with E-state index < -0.39 is 45.0 Å². The molecular formula is C23H19F4N5O3S2. The molecule has 1 aliphatic heterocycles. The first-order valence-electron chi connectivity index (χ1n) is 10.9. The van der Waals surface area contributed by atoms with Gasteiger partial charge in [0.05, 0.1) is 21.0 Å². The summed E-state index contributed by atoms with van der Waals surface area (Å²) in [6.07, 6.45) is -1.71. The van der Waals surface area contributed by atoms with Crippen LogP contribution in [-0.4, -0.2) is 40.7 Å². The highest BCUT2D eigenvalue weighted by molar-refractivity contribution is 7.89. The van der Waals surface area contributed by atoms with E-state index >= 15 is 0 Å². The first-order chi connectivity index (χ1) is 17.4. The summed E-state index contributed by atoms with van der Waals surface area (Å²) in [6, 6.07) is 6.09. The van der Waals surface area contributed by atoms with E-state index in [1.54, 1.807) is 6.92 Å². The van der Waals surface area contributed by atoms with Gasteiger partial charge in [-0.25, -0.2) is 17.8 Å². The summed E-state index contributed by atoms with van der Waals surface area (Å²) in [5, 5.41) is 11.0. The molecule has 0 unspecified atom stereocenters. The Balaban J connectivity index is 1.54. The van der Waals surface area contributed by atoms with Crippen molar-refractivity contribution in [3.8, 4) is 16.6 Å². The van der Waals surface area contributed by atoms with Crippen LogP contribution in [0.25, 0.3) is 10.6 Å². The van der Waals surface area contributed by atoms with Gasteiger partial charge in [-0.2, -0.15) is 22.7 Å². The molecule has 14 heteroatoms. The second kappa shape index (κ2) is 10.2. The van der Waals surface area contributed by atoms with E-state index in [9.17, 15) is 36.0 Å². The molecule has 8 nitrogen and oxygen atoms in total. The van der Waals surface area contributed by atoms with Crippen molar-refractivity contribution in [2.45, 2.75) is 49.5 Å². The normalized spacial score (nSPS) is 18.5. The summed E-state index contributed by atoms with van der Waals surface area (Å²) in [6.45, 7) is 1.49. The molecule has 0 bridgehead atoms. The number of alkyl halides is 3. The number of nitrogens with zero attached hydrogens (tertiary/aromatic N) is 4. The lowest BCUT2D eigenvalue weighted by molar-refractivity contribution is -0.137. The van der Waals surface area contributed by atoms with Gasteiger partial charge in [0.15, 0.2) is 5.01 Å². The van der Waals surface area contributed by atoms with Crippen molar-refractivity contribution in [2.24, 2.45) is 0 Å². The Labute approximate surface area is 213 Å². The fraction of sp³-hybridized carbons (Fsp3) is 0.304. The van der Waals surface area contributed by atoms with Crippen molar-refractivity contribution >= 4 is 27.3 Å². The van der Waals surface area contributed by atoms with Crippen molar-refractivity contribution in [3.63, 3.8) is 0 Å². The third-order valence-corrected chi connectivity index (χ3v) is 8.96. The fourth-order valence-corrected chi connectivity index (χ4v) is 6.63. The number of carbonyl (C=O) groups excluding carboxylic acids is 1. The number of benzene rings is 1. The third-order valence-electron chi connectivity index (χ3n) is 5.85. The molecule has 0 aliphatic carbocycles. The topological polar surface area (TPSA) is 116 Å². The average molecular weight is 554 g/mol. The van der Waals surface area contributed by atoms with Gasteiger partial charge < -0.3 is 5.32 Å². The minimum absolute atomic E-state index is 0.0974. The molecule has 0 radical (unpaired) electrons. The highest BCUT2D eigenvalue weighted by Crippen LogP contribution is 2.36. The molecule has 37 heavy (non-hydrogen) atoms. The monoisotopic (exact) mass is 553 g/mol. The van der Waals surface area contributed by atoms with Crippen LogP contribution in [-0.2, 0) is 27.5 Å². The Morgan fingerprint density at radius 3 is 2.54 bits per heavy atom. The zero-order chi connectivity index (χ0) is 27.0. The van der Waals surface area contributed by atoms with Gasteiger partial charge in [0.1, 0.15) is 17.9 Å². The summed E-state index contributed by atoms with van der Waals surface area (Å²) in [5.41, 5.74) is 0.535. The molecule has 3 heterocycles. The Morgan fingerprint density at radius 1 is 1.22 bits per heavy atom. The minimum Gasteiger partial charge on any atom is -0.351 e. The van der Waals surface area contributed by atoms with Crippen LogP contribution >= 0.6 is 11.3 Å². The van der Waals surface area contributed by atoms with Gasteiger partial charge in [0.2, 0.25) is 15.9 Å². The second-order valence-corrected chi connectivity index (χ2v) is 11.2. The average Bonchev–Trinajstić information content (AvgIpc) is 3.50. The molecule has 2 aromatic heterocycles. The van der Waals surface area contributed by atoms with Crippen LogP contribution in [0.2, 0.25) is 0 Å². The zero-order valence-electron chi connectivity index (χ0n) is 19.2. The summed E-state index contributed by atoms with van der Waals surface area (Å²) < 4.78 is 79.5. The lowest BCUT2D eigenvalue weighted by Gasteiger charge is -2.27. The molecule has 3 aromatic rings. The van der Waals surface area contributed by atoms with Crippen LogP contribution < -0.4 is 5.32 Å². The third kappa shape index (κ3) is 5.48. The van der Waals surface area contributed by atoms with Gasteiger partial charge in [-0.05, 0) is 55.7 Å². The van der Waals surface area contributed by atoms with E-state index in [-0.39, 0.29) is 34.0 Å². The summed E-state index contributed by atoms with van der Waals surface area (Å²) >= 11 is 0.396. The molecule has 2 atom stereocenters. The van der Waals surface area contributed by atoms with Gasteiger partial charge in [-0.15, -0.1) is 11.3 Å². The molecule has 1 aromatic carbocycles. The fourth-order valence-electron chi connectivity index (χ4n) is 4.04. The second-order valence-electron chi connectivity index (χ2n) is 8.31. The van der Waals surface area contributed by atoms with E-state index in [1.165, 1.54) is 12.3 Å². The molecular weight excluding hydrogens is 534 g/mol. The number of thiazole rings is 1. The Morgan fingerprint density at radius 2 is 1.92 bits per heavy atom. The van der Waals surface area contributed by atoms with E-state index in [4.69, 9.17) is 0 Å². The number of carbonyl (C=O) groups is 1. The lowest BCUT2D eigenvalue weighted by Crippen LogP contribution is -2.48. The standard InChI is InChI=1S/C23H19F4N5O3S2/c1-13-2-7-19(32(13)37(34,35)17-5-3-16(24)4-6-17)21(33)30-10-14-8-18(29-11-15(14)9-28)20-12-31-22(36-20)23(25,26)27/h3-6,8,11-13,19H,2,7,10H2,1H3,(H,30,33)/t13-,19-/m0/s1. The van der Waals surface area contributed by atoms with Crippen LogP contribution in [0.4, 0.5) is 17.6 Å². The number of amides is 1. The van der Waals surface area contributed by atoms with Gasteiger partial charge in [0.25, 0.3) is 0 Å².